The second kappa shape index (κ2) is 8.68. The summed E-state index contributed by atoms with van der Waals surface area (Å²) in [6, 6.07) is 11.6. The van der Waals surface area contributed by atoms with Crippen molar-refractivity contribution in [1.82, 2.24) is 5.32 Å². The fourth-order valence-electron chi connectivity index (χ4n) is 1.59. The molecule has 4 nitrogen and oxygen atoms in total. The summed E-state index contributed by atoms with van der Waals surface area (Å²) in [5.41, 5.74) is 1.96. The monoisotopic (exact) mass is 270 g/mol. The van der Waals surface area contributed by atoms with Gasteiger partial charge in [-0.25, -0.2) is 0 Å². The van der Waals surface area contributed by atoms with Crippen LogP contribution in [0.25, 0.3) is 6.08 Å². The van der Waals surface area contributed by atoms with Gasteiger partial charge in [0.2, 0.25) is 0 Å². The van der Waals surface area contributed by atoms with Crippen molar-refractivity contribution in [3.63, 3.8) is 0 Å². The van der Waals surface area contributed by atoms with Crippen molar-refractivity contribution < 1.29 is 9.53 Å². The molecule has 1 N–H and O–H groups in total. The average Bonchev–Trinajstić information content (AvgIpc) is 2.46. The van der Waals surface area contributed by atoms with Gasteiger partial charge < -0.3 is 10.1 Å². The molecule has 0 aliphatic carbocycles. The van der Waals surface area contributed by atoms with E-state index in [9.17, 15) is 4.79 Å². The lowest BCUT2D eigenvalue weighted by Crippen LogP contribution is -2.27. The van der Waals surface area contributed by atoms with Crippen LogP contribution < -0.4 is 5.32 Å². The van der Waals surface area contributed by atoms with Crippen LogP contribution in [0.3, 0.4) is 0 Å². The maximum Gasteiger partial charge on any atom is 0.262 e. The first kappa shape index (κ1) is 15.7. The summed E-state index contributed by atoms with van der Waals surface area (Å²) >= 11 is 0. The predicted molar refractivity (Wildman–Crippen MR) is 78.7 cm³/mol. The number of nitrogens with zero attached hydrogens (tertiary/aromatic N) is 1. The van der Waals surface area contributed by atoms with E-state index in [0.717, 1.165) is 11.1 Å². The van der Waals surface area contributed by atoms with Crippen molar-refractivity contribution in [2.75, 3.05) is 20.3 Å². The topological polar surface area (TPSA) is 62.1 Å². The summed E-state index contributed by atoms with van der Waals surface area (Å²) in [5.74, 6) is -0.384. The zero-order valence-electron chi connectivity index (χ0n) is 11.7. The summed E-state index contributed by atoms with van der Waals surface area (Å²) in [5, 5.41) is 11.7. The molecule has 0 spiro atoms. The van der Waals surface area contributed by atoms with Gasteiger partial charge in [0.05, 0.1) is 6.61 Å². The summed E-state index contributed by atoms with van der Waals surface area (Å²) in [6.45, 7) is 2.66. The van der Waals surface area contributed by atoms with E-state index in [1.165, 1.54) is 0 Å². The Balaban J connectivity index is 2.76. The minimum atomic E-state index is -0.384. The lowest BCUT2D eigenvalue weighted by atomic mass is 10.1. The van der Waals surface area contributed by atoms with Crippen molar-refractivity contribution in [2.24, 2.45) is 0 Å². The highest BCUT2D eigenvalue weighted by molar-refractivity contribution is 5.97. The van der Waals surface area contributed by atoms with Crippen molar-refractivity contribution in [1.29, 1.82) is 5.26 Å². The molecule has 104 valence electrons. The fourth-order valence-corrected chi connectivity index (χ4v) is 1.59. The quantitative estimate of drug-likeness (QED) is 0.373. The molecule has 0 bridgehead atoms. The van der Waals surface area contributed by atoms with Crippen LogP contribution in [0.2, 0.25) is 0 Å². The average molecular weight is 270 g/mol. The van der Waals surface area contributed by atoms with Gasteiger partial charge in [0.25, 0.3) is 5.91 Å². The number of nitrogens with one attached hydrogen (secondary N) is 1. The largest absolute Gasteiger partial charge is 0.383 e. The maximum atomic E-state index is 11.8. The van der Waals surface area contributed by atoms with Gasteiger partial charge in [0, 0.05) is 13.7 Å². The number of carbonyl (C=O) groups excluding carboxylic acids is 1. The molecule has 0 heterocycles. The zero-order valence-corrected chi connectivity index (χ0v) is 11.7. The molecule has 0 aliphatic rings. The molecule has 0 saturated heterocycles. The maximum absolute atomic E-state index is 11.8. The number of ether oxygens (including phenoxy) is 1. The van der Waals surface area contributed by atoms with Gasteiger partial charge in [0.15, 0.2) is 0 Å². The zero-order chi connectivity index (χ0) is 14.8. The highest BCUT2D eigenvalue weighted by Gasteiger charge is 2.07. The number of hydrogen-bond donors (Lipinski definition) is 1. The normalized spacial score (nSPS) is 11.8. The molecule has 1 amide bonds. The third-order valence-corrected chi connectivity index (χ3v) is 2.52. The van der Waals surface area contributed by atoms with Crippen LogP contribution in [0, 0.1) is 11.3 Å². The molecule has 0 unspecified atom stereocenters. The minimum Gasteiger partial charge on any atom is -0.383 e. The number of amides is 1. The summed E-state index contributed by atoms with van der Waals surface area (Å²) in [7, 11) is 1.56. The molecule has 0 fully saturated rings. The number of nitriles is 1. The van der Waals surface area contributed by atoms with Gasteiger partial charge in [-0.2, -0.15) is 5.26 Å². The van der Waals surface area contributed by atoms with E-state index in [0.29, 0.717) is 13.2 Å². The van der Waals surface area contributed by atoms with Gasteiger partial charge in [-0.15, -0.1) is 0 Å². The molecule has 0 saturated carbocycles. The Morgan fingerprint density at radius 2 is 2.10 bits per heavy atom. The first-order chi connectivity index (χ1) is 9.67. The summed E-state index contributed by atoms with van der Waals surface area (Å²) < 4.78 is 4.84. The Morgan fingerprint density at radius 3 is 2.70 bits per heavy atom. The first-order valence-corrected chi connectivity index (χ1v) is 6.29. The van der Waals surface area contributed by atoms with Gasteiger partial charge in [-0.05, 0) is 24.1 Å². The van der Waals surface area contributed by atoms with E-state index in [2.05, 4.69) is 5.32 Å². The number of allylic oxidation sites excluding steroid dienone is 2. The summed E-state index contributed by atoms with van der Waals surface area (Å²) in [6.07, 6.45) is 3.49. The van der Waals surface area contributed by atoms with Crippen LogP contribution in [0.15, 0.2) is 47.6 Å². The molecule has 0 aliphatic heterocycles. The third-order valence-electron chi connectivity index (χ3n) is 2.52. The Labute approximate surface area is 119 Å². The second-order valence-corrected chi connectivity index (χ2v) is 4.22. The minimum absolute atomic E-state index is 0.0887. The van der Waals surface area contributed by atoms with E-state index < -0.39 is 0 Å². The number of hydrogen-bond acceptors (Lipinski definition) is 3. The molecular formula is C16H18N2O2. The van der Waals surface area contributed by atoms with E-state index in [1.54, 1.807) is 13.2 Å². The van der Waals surface area contributed by atoms with Crippen LogP contribution in [0.4, 0.5) is 0 Å². The molecule has 0 atom stereocenters. The molecule has 20 heavy (non-hydrogen) atoms. The highest BCUT2D eigenvalue weighted by Crippen LogP contribution is 2.09. The van der Waals surface area contributed by atoms with Crippen LogP contribution >= 0.6 is 0 Å². The van der Waals surface area contributed by atoms with Crippen molar-refractivity contribution in [3.8, 4) is 6.07 Å². The molecule has 4 heteroatoms. The van der Waals surface area contributed by atoms with Gasteiger partial charge in [-0.3, -0.25) is 4.79 Å². The molecule has 0 aromatic heterocycles. The smallest absolute Gasteiger partial charge is 0.262 e. The standard InChI is InChI=1S/C16H18N2O2/c1-13(10-14-6-4-3-5-7-14)11-15(12-17)16(19)18-8-9-20-2/h3-7,10-11H,8-9H2,1-2H3,(H,18,19)/b13-10+,15-11+. The van der Waals surface area contributed by atoms with Crippen molar-refractivity contribution in [3.05, 3.63) is 53.1 Å². The number of carbonyl (C=O) groups is 1. The van der Waals surface area contributed by atoms with Crippen LogP contribution in [0.1, 0.15) is 12.5 Å². The van der Waals surface area contributed by atoms with E-state index in [1.807, 2.05) is 49.4 Å². The Kier molecular flexibility index (Phi) is 6.80. The molecule has 1 aromatic carbocycles. The number of rotatable bonds is 6. The lowest BCUT2D eigenvalue weighted by molar-refractivity contribution is -0.117. The van der Waals surface area contributed by atoms with Gasteiger partial charge in [0.1, 0.15) is 11.6 Å². The number of methoxy groups -OCH3 is 1. The van der Waals surface area contributed by atoms with Crippen LogP contribution in [-0.2, 0) is 9.53 Å². The third kappa shape index (κ3) is 5.51. The Bertz CT molecular complexity index is 539. The van der Waals surface area contributed by atoms with Crippen molar-refractivity contribution >= 4 is 12.0 Å². The summed E-state index contributed by atoms with van der Waals surface area (Å²) in [4.78, 5) is 11.8. The molecule has 1 rings (SSSR count). The van der Waals surface area contributed by atoms with E-state index >= 15 is 0 Å². The Morgan fingerprint density at radius 1 is 1.40 bits per heavy atom. The SMILES string of the molecule is COCCNC(=O)/C(C#N)=C/C(C)=C/c1ccccc1. The number of benzene rings is 1. The highest BCUT2D eigenvalue weighted by atomic mass is 16.5. The van der Waals surface area contributed by atoms with Gasteiger partial charge >= 0.3 is 0 Å². The lowest BCUT2D eigenvalue weighted by Gasteiger charge is -2.03. The Hall–Kier alpha value is -2.38. The van der Waals surface area contributed by atoms with E-state index in [-0.39, 0.29) is 11.5 Å². The van der Waals surface area contributed by atoms with Crippen LogP contribution in [-0.4, -0.2) is 26.2 Å². The second-order valence-electron chi connectivity index (χ2n) is 4.22. The fraction of sp³-hybridized carbons (Fsp3) is 0.250. The van der Waals surface area contributed by atoms with Crippen LogP contribution in [0.5, 0.6) is 0 Å². The van der Waals surface area contributed by atoms with E-state index in [4.69, 9.17) is 10.00 Å². The molecular weight excluding hydrogens is 252 g/mol. The van der Waals surface area contributed by atoms with Crippen molar-refractivity contribution in [2.45, 2.75) is 6.92 Å². The predicted octanol–water partition coefficient (Wildman–Crippen LogP) is 2.30. The van der Waals surface area contributed by atoms with Gasteiger partial charge in [-0.1, -0.05) is 36.4 Å². The molecule has 0 radical (unpaired) electrons. The first-order valence-electron chi connectivity index (χ1n) is 6.29. The molecule has 1 aromatic rings.